The smallest absolute Gasteiger partial charge is 0.186 e. The normalized spacial score (nSPS) is 11.0. The lowest BCUT2D eigenvalue weighted by molar-refractivity contribution is 0.104. The summed E-state index contributed by atoms with van der Waals surface area (Å²) in [6.45, 7) is -0.0447. The van der Waals surface area contributed by atoms with Gasteiger partial charge in [0.15, 0.2) is 17.3 Å². The van der Waals surface area contributed by atoms with Crippen LogP contribution < -0.4 is 4.74 Å². The van der Waals surface area contributed by atoms with Crippen LogP contribution in [0.3, 0.4) is 0 Å². The van der Waals surface area contributed by atoms with E-state index in [-0.39, 0.29) is 23.9 Å². The van der Waals surface area contributed by atoms with Gasteiger partial charge in [-0.05, 0) is 48.6 Å². The molecule has 0 saturated carbocycles. The number of phenols is 1. The van der Waals surface area contributed by atoms with Crippen LogP contribution in [0, 0.1) is 11.6 Å². The summed E-state index contributed by atoms with van der Waals surface area (Å²) in [6, 6.07) is 12.3. The molecule has 1 aromatic heterocycles. The zero-order valence-electron chi connectivity index (χ0n) is 13.5. The van der Waals surface area contributed by atoms with Gasteiger partial charge in [-0.25, -0.2) is 8.78 Å². The topological polar surface area (TPSA) is 59.7 Å². The number of aromatic hydroxyl groups is 1. The van der Waals surface area contributed by atoms with Gasteiger partial charge in [0.25, 0.3) is 0 Å². The van der Waals surface area contributed by atoms with Crippen molar-refractivity contribution in [3.05, 3.63) is 89.4 Å². The van der Waals surface area contributed by atoms with E-state index in [1.54, 1.807) is 24.3 Å². The Morgan fingerprint density at radius 1 is 1.12 bits per heavy atom. The highest BCUT2D eigenvalue weighted by atomic mass is 19.1. The molecule has 3 aromatic rings. The van der Waals surface area contributed by atoms with Gasteiger partial charge >= 0.3 is 0 Å². The van der Waals surface area contributed by atoms with Crippen molar-refractivity contribution >= 4 is 11.9 Å². The van der Waals surface area contributed by atoms with Crippen LogP contribution in [0.2, 0.25) is 0 Å². The standard InChI is InChI=1S/C20H14F2O4/c21-14-4-9-20(18(22)11-14)25-12-17-6-5-16(26-17)7-8-19(24)13-2-1-3-15(23)10-13/h1-11,23H,12H2/b8-7+. The van der Waals surface area contributed by atoms with Crippen molar-refractivity contribution in [2.45, 2.75) is 6.61 Å². The molecule has 0 aliphatic heterocycles. The number of phenolic OH excluding ortho intramolecular Hbond substituents is 1. The highest BCUT2D eigenvalue weighted by Gasteiger charge is 2.07. The molecule has 6 heteroatoms. The van der Waals surface area contributed by atoms with E-state index in [1.807, 2.05) is 0 Å². The van der Waals surface area contributed by atoms with Crippen molar-refractivity contribution in [1.29, 1.82) is 0 Å². The highest BCUT2D eigenvalue weighted by molar-refractivity contribution is 6.06. The summed E-state index contributed by atoms with van der Waals surface area (Å²) in [5.74, 6) is -1.02. The number of hydrogen-bond acceptors (Lipinski definition) is 4. The molecule has 132 valence electrons. The number of rotatable bonds is 6. The summed E-state index contributed by atoms with van der Waals surface area (Å²) < 4.78 is 37.1. The van der Waals surface area contributed by atoms with E-state index in [0.717, 1.165) is 12.1 Å². The minimum atomic E-state index is -0.798. The molecule has 3 rings (SSSR count). The summed E-state index contributed by atoms with van der Waals surface area (Å²) in [4.78, 5) is 12.0. The highest BCUT2D eigenvalue weighted by Crippen LogP contribution is 2.20. The zero-order valence-corrected chi connectivity index (χ0v) is 13.5. The molecule has 26 heavy (non-hydrogen) atoms. The van der Waals surface area contributed by atoms with E-state index in [0.29, 0.717) is 17.1 Å². The molecular formula is C20H14F2O4. The first kappa shape index (κ1) is 17.4. The van der Waals surface area contributed by atoms with E-state index in [4.69, 9.17) is 9.15 Å². The van der Waals surface area contributed by atoms with Gasteiger partial charge in [-0.15, -0.1) is 0 Å². The molecule has 0 radical (unpaired) electrons. The second kappa shape index (κ2) is 7.65. The SMILES string of the molecule is O=C(/C=C/c1ccc(COc2ccc(F)cc2F)o1)c1cccc(O)c1. The first-order valence-electron chi connectivity index (χ1n) is 7.69. The minimum absolute atomic E-state index is 0.00899. The molecule has 2 aromatic carbocycles. The molecule has 0 bridgehead atoms. The number of allylic oxidation sites excluding steroid dienone is 1. The van der Waals surface area contributed by atoms with Crippen molar-refractivity contribution in [2.24, 2.45) is 0 Å². The van der Waals surface area contributed by atoms with Crippen molar-refractivity contribution in [1.82, 2.24) is 0 Å². The number of carbonyl (C=O) groups excluding carboxylic acids is 1. The van der Waals surface area contributed by atoms with Crippen molar-refractivity contribution in [3.63, 3.8) is 0 Å². The quantitative estimate of drug-likeness (QED) is 0.512. The maximum atomic E-state index is 13.5. The average molecular weight is 356 g/mol. The van der Waals surface area contributed by atoms with Gasteiger partial charge in [0.2, 0.25) is 0 Å². The van der Waals surface area contributed by atoms with Gasteiger partial charge in [0.1, 0.15) is 29.7 Å². The lowest BCUT2D eigenvalue weighted by Crippen LogP contribution is -1.96. The predicted octanol–water partition coefficient (Wildman–Crippen LogP) is 4.74. The zero-order chi connectivity index (χ0) is 18.5. The fourth-order valence-corrected chi connectivity index (χ4v) is 2.22. The number of ketones is 1. The molecule has 0 unspecified atom stereocenters. The van der Waals surface area contributed by atoms with E-state index in [9.17, 15) is 18.7 Å². The van der Waals surface area contributed by atoms with Crippen LogP contribution in [0.4, 0.5) is 8.78 Å². The summed E-state index contributed by atoms with van der Waals surface area (Å²) in [6.07, 6.45) is 2.80. The summed E-state index contributed by atoms with van der Waals surface area (Å²) >= 11 is 0. The van der Waals surface area contributed by atoms with Crippen molar-refractivity contribution in [2.75, 3.05) is 0 Å². The van der Waals surface area contributed by atoms with Gasteiger partial charge in [0, 0.05) is 11.6 Å². The Labute approximate surface area is 148 Å². The molecule has 1 heterocycles. The lowest BCUT2D eigenvalue weighted by Gasteiger charge is -2.05. The molecule has 0 spiro atoms. The number of furan rings is 1. The average Bonchev–Trinajstić information content (AvgIpc) is 3.07. The first-order valence-corrected chi connectivity index (χ1v) is 7.69. The minimum Gasteiger partial charge on any atom is -0.508 e. The van der Waals surface area contributed by atoms with Gasteiger partial charge in [0.05, 0.1) is 0 Å². The van der Waals surface area contributed by atoms with E-state index >= 15 is 0 Å². The molecule has 0 amide bonds. The van der Waals surface area contributed by atoms with Gasteiger partial charge < -0.3 is 14.3 Å². The fraction of sp³-hybridized carbons (Fsp3) is 0.0500. The Morgan fingerprint density at radius 3 is 2.73 bits per heavy atom. The molecule has 1 N–H and O–H groups in total. The molecular weight excluding hydrogens is 342 g/mol. The van der Waals surface area contributed by atoms with Crippen molar-refractivity contribution < 1.29 is 27.8 Å². The monoisotopic (exact) mass is 356 g/mol. The number of halogens is 2. The van der Waals surface area contributed by atoms with Crippen LogP contribution in [0.15, 0.2) is 65.1 Å². The van der Waals surface area contributed by atoms with Crippen LogP contribution in [-0.2, 0) is 6.61 Å². The summed E-state index contributed by atoms with van der Waals surface area (Å²) in [7, 11) is 0. The van der Waals surface area contributed by atoms with E-state index in [2.05, 4.69) is 0 Å². The Balaban J connectivity index is 1.61. The van der Waals surface area contributed by atoms with E-state index < -0.39 is 11.6 Å². The van der Waals surface area contributed by atoms with Gasteiger partial charge in [-0.1, -0.05) is 12.1 Å². The van der Waals surface area contributed by atoms with Crippen LogP contribution in [0.1, 0.15) is 21.9 Å². The molecule has 0 atom stereocenters. The van der Waals surface area contributed by atoms with Gasteiger partial charge in [-0.3, -0.25) is 4.79 Å². The number of benzene rings is 2. The molecule has 0 saturated heterocycles. The van der Waals surface area contributed by atoms with Crippen molar-refractivity contribution in [3.8, 4) is 11.5 Å². The first-order chi connectivity index (χ1) is 12.5. The largest absolute Gasteiger partial charge is 0.508 e. The molecule has 0 fully saturated rings. The van der Waals surface area contributed by atoms with Crippen LogP contribution >= 0.6 is 0 Å². The summed E-state index contributed by atoms with van der Waals surface area (Å²) in [5.41, 5.74) is 0.350. The molecule has 4 nitrogen and oxygen atoms in total. The second-order valence-corrected chi connectivity index (χ2v) is 5.42. The Bertz CT molecular complexity index is 960. The maximum absolute atomic E-state index is 13.5. The Hall–Kier alpha value is -3.41. The third-order valence-corrected chi connectivity index (χ3v) is 3.48. The Kier molecular flexibility index (Phi) is 5.12. The molecule has 0 aliphatic rings. The van der Waals surface area contributed by atoms with Crippen LogP contribution in [-0.4, -0.2) is 10.9 Å². The predicted molar refractivity (Wildman–Crippen MR) is 90.9 cm³/mol. The number of carbonyl (C=O) groups is 1. The summed E-state index contributed by atoms with van der Waals surface area (Å²) in [5, 5.41) is 9.38. The maximum Gasteiger partial charge on any atom is 0.186 e. The van der Waals surface area contributed by atoms with E-state index in [1.165, 1.54) is 30.4 Å². The van der Waals surface area contributed by atoms with Gasteiger partial charge in [-0.2, -0.15) is 0 Å². The molecule has 0 aliphatic carbocycles. The fourth-order valence-electron chi connectivity index (χ4n) is 2.22. The third-order valence-electron chi connectivity index (χ3n) is 3.48. The third kappa shape index (κ3) is 4.36. The lowest BCUT2D eigenvalue weighted by atomic mass is 10.1. The Morgan fingerprint density at radius 2 is 1.96 bits per heavy atom. The second-order valence-electron chi connectivity index (χ2n) is 5.42. The number of ether oxygens (including phenoxy) is 1. The van der Waals surface area contributed by atoms with Crippen LogP contribution in [0.25, 0.3) is 6.08 Å². The van der Waals surface area contributed by atoms with Crippen LogP contribution in [0.5, 0.6) is 11.5 Å². The number of hydrogen-bond donors (Lipinski definition) is 1.